The highest BCUT2D eigenvalue weighted by molar-refractivity contribution is 6.17. The summed E-state index contributed by atoms with van der Waals surface area (Å²) in [5.74, 6) is 3.11. The molecule has 0 amide bonds. The minimum atomic E-state index is 0.733. The Morgan fingerprint density at radius 2 is 1.69 bits per heavy atom. The Kier molecular flexibility index (Phi) is 10.2. The fourth-order valence-corrected chi connectivity index (χ4v) is 2.16. The summed E-state index contributed by atoms with van der Waals surface area (Å²) in [4.78, 5) is 0. The molecule has 0 N–H and O–H groups in total. The van der Waals surface area contributed by atoms with Crippen molar-refractivity contribution in [2.24, 2.45) is 17.8 Å². The fraction of sp³-hybridized carbons (Fsp3) is 0.867. The van der Waals surface area contributed by atoms with E-state index in [0.29, 0.717) is 0 Å². The number of hydrogen-bond acceptors (Lipinski definition) is 0. The Labute approximate surface area is 107 Å². The second-order valence-electron chi connectivity index (χ2n) is 5.55. The number of rotatable bonds is 9. The molecule has 0 aliphatic rings. The molecule has 0 aromatic rings. The Bertz CT molecular complexity index is 172. The standard InChI is InChI=1S/C15H29Cl/c1-13(2)7-5-8-14(3)9-6-10-15(4)11-12-16/h6,9,13-15H,5,7-8,10-12H2,1-4H3/t14-,15-/m1/s1. The zero-order chi connectivity index (χ0) is 12.4. The number of alkyl halides is 1. The van der Waals surface area contributed by atoms with E-state index in [-0.39, 0.29) is 0 Å². The van der Waals surface area contributed by atoms with Gasteiger partial charge in [0.15, 0.2) is 0 Å². The normalized spacial score (nSPS) is 15.9. The molecule has 0 saturated carbocycles. The van der Waals surface area contributed by atoms with Crippen LogP contribution >= 0.6 is 11.6 Å². The molecule has 0 rings (SSSR count). The van der Waals surface area contributed by atoms with Crippen molar-refractivity contribution >= 4 is 11.6 Å². The van der Waals surface area contributed by atoms with E-state index in [2.05, 4.69) is 39.8 Å². The lowest BCUT2D eigenvalue weighted by Gasteiger charge is -2.09. The minimum absolute atomic E-state index is 0.733. The fourth-order valence-electron chi connectivity index (χ4n) is 1.79. The van der Waals surface area contributed by atoms with Crippen LogP contribution in [0.15, 0.2) is 12.2 Å². The second kappa shape index (κ2) is 10.2. The monoisotopic (exact) mass is 244 g/mol. The predicted octanol–water partition coefficient (Wildman–Crippen LogP) is 5.66. The topological polar surface area (TPSA) is 0 Å². The molecule has 16 heavy (non-hydrogen) atoms. The summed E-state index contributed by atoms with van der Waals surface area (Å²) < 4.78 is 0. The minimum Gasteiger partial charge on any atom is -0.127 e. The van der Waals surface area contributed by atoms with Gasteiger partial charge in [-0.3, -0.25) is 0 Å². The first-order chi connectivity index (χ1) is 7.56. The molecule has 0 aromatic heterocycles. The molecule has 0 fully saturated rings. The molecule has 0 aliphatic carbocycles. The molecule has 0 heterocycles. The van der Waals surface area contributed by atoms with Crippen LogP contribution in [0.5, 0.6) is 0 Å². The van der Waals surface area contributed by atoms with Gasteiger partial charge in [-0.15, -0.1) is 11.6 Å². The highest BCUT2D eigenvalue weighted by Crippen LogP contribution is 2.15. The zero-order valence-corrected chi connectivity index (χ0v) is 12.3. The van der Waals surface area contributed by atoms with Crippen LogP contribution in [0.25, 0.3) is 0 Å². The van der Waals surface area contributed by atoms with E-state index in [4.69, 9.17) is 11.6 Å². The molecule has 1 heteroatoms. The van der Waals surface area contributed by atoms with Crippen molar-refractivity contribution in [3.05, 3.63) is 12.2 Å². The van der Waals surface area contributed by atoms with E-state index >= 15 is 0 Å². The average Bonchev–Trinajstić information content (AvgIpc) is 2.17. The lowest BCUT2D eigenvalue weighted by Crippen LogP contribution is -1.95. The summed E-state index contributed by atoms with van der Waals surface area (Å²) in [5.41, 5.74) is 0. The van der Waals surface area contributed by atoms with Crippen molar-refractivity contribution in [2.75, 3.05) is 5.88 Å². The van der Waals surface area contributed by atoms with Crippen LogP contribution < -0.4 is 0 Å². The lowest BCUT2D eigenvalue weighted by atomic mass is 9.98. The van der Waals surface area contributed by atoms with Gasteiger partial charge in [0, 0.05) is 5.88 Å². The Morgan fingerprint density at radius 3 is 2.25 bits per heavy atom. The van der Waals surface area contributed by atoms with Gasteiger partial charge in [-0.05, 0) is 37.0 Å². The molecule has 2 atom stereocenters. The van der Waals surface area contributed by atoms with Crippen molar-refractivity contribution in [3.8, 4) is 0 Å². The van der Waals surface area contributed by atoms with Gasteiger partial charge in [-0.25, -0.2) is 0 Å². The summed E-state index contributed by atoms with van der Waals surface area (Å²) >= 11 is 5.71. The summed E-state index contributed by atoms with van der Waals surface area (Å²) in [6.07, 6.45) is 11.1. The predicted molar refractivity (Wildman–Crippen MR) is 76.1 cm³/mol. The highest BCUT2D eigenvalue weighted by atomic mass is 35.5. The third-order valence-corrected chi connectivity index (χ3v) is 3.26. The zero-order valence-electron chi connectivity index (χ0n) is 11.5. The molecule has 0 aliphatic heterocycles. The van der Waals surface area contributed by atoms with E-state index in [1.54, 1.807) is 0 Å². The Morgan fingerprint density at radius 1 is 1.00 bits per heavy atom. The first-order valence-corrected chi connectivity index (χ1v) is 7.32. The Balaban J connectivity index is 3.53. The van der Waals surface area contributed by atoms with Gasteiger partial charge in [0.05, 0.1) is 0 Å². The first-order valence-electron chi connectivity index (χ1n) is 6.78. The van der Waals surface area contributed by atoms with E-state index in [0.717, 1.165) is 30.1 Å². The maximum atomic E-state index is 5.71. The van der Waals surface area contributed by atoms with E-state index in [9.17, 15) is 0 Å². The van der Waals surface area contributed by atoms with Crippen molar-refractivity contribution in [2.45, 2.75) is 59.8 Å². The van der Waals surface area contributed by atoms with Crippen molar-refractivity contribution < 1.29 is 0 Å². The summed E-state index contributed by atoms with van der Waals surface area (Å²) in [7, 11) is 0. The van der Waals surface area contributed by atoms with Gasteiger partial charge in [0.25, 0.3) is 0 Å². The number of hydrogen-bond donors (Lipinski definition) is 0. The number of halogens is 1. The van der Waals surface area contributed by atoms with Crippen LogP contribution in [0.3, 0.4) is 0 Å². The molecule has 0 nitrogen and oxygen atoms in total. The van der Waals surface area contributed by atoms with Gasteiger partial charge in [0.1, 0.15) is 0 Å². The SMILES string of the molecule is CC(C)CCC[C@@H](C)C=CC[C@@H](C)CCCl. The highest BCUT2D eigenvalue weighted by Gasteiger charge is 2.01. The van der Waals surface area contributed by atoms with Crippen molar-refractivity contribution in [1.29, 1.82) is 0 Å². The number of allylic oxidation sites excluding steroid dienone is 2. The van der Waals surface area contributed by atoms with Crippen molar-refractivity contribution in [3.63, 3.8) is 0 Å². The molecule has 96 valence electrons. The quantitative estimate of drug-likeness (QED) is 0.363. The second-order valence-corrected chi connectivity index (χ2v) is 5.93. The van der Waals surface area contributed by atoms with Crippen LogP contribution in [0, 0.1) is 17.8 Å². The third kappa shape index (κ3) is 10.5. The van der Waals surface area contributed by atoms with E-state index in [1.165, 1.54) is 25.7 Å². The molecule has 0 spiro atoms. The Hall–Kier alpha value is 0.0300. The van der Waals surface area contributed by atoms with E-state index in [1.807, 2.05) is 0 Å². The van der Waals surface area contributed by atoms with Gasteiger partial charge in [-0.2, -0.15) is 0 Å². The van der Waals surface area contributed by atoms with Gasteiger partial charge in [0.2, 0.25) is 0 Å². The maximum absolute atomic E-state index is 5.71. The maximum Gasteiger partial charge on any atom is 0.0226 e. The summed E-state index contributed by atoms with van der Waals surface area (Å²) in [6, 6.07) is 0. The molecule has 0 unspecified atom stereocenters. The largest absolute Gasteiger partial charge is 0.127 e. The summed E-state index contributed by atoms with van der Waals surface area (Å²) in [6.45, 7) is 9.20. The third-order valence-electron chi connectivity index (χ3n) is 3.05. The molecule has 0 bridgehead atoms. The van der Waals surface area contributed by atoms with Gasteiger partial charge < -0.3 is 0 Å². The van der Waals surface area contributed by atoms with Crippen LogP contribution in [0.4, 0.5) is 0 Å². The van der Waals surface area contributed by atoms with Crippen molar-refractivity contribution in [1.82, 2.24) is 0 Å². The van der Waals surface area contributed by atoms with Crippen LogP contribution in [-0.2, 0) is 0 Å². The van der Waals surface area contributed by atoms with Gasteiger partial charge in [-0.1, -0.05) is 52.7 Å². The van der Waals surface area contributed by atoms with Crippen LogP contribution in [0.1, 0.15) is 59.8 Å². The van der Waals surface area contributed by atoms with E-state index < -0.39 is 0 Å². The lowest BCUT2D eigenvalue weighted by molar-refractivity contribution is 0.500. The molecular formula is C15H29Cl. The summed E-state index contributed by atoms with van der Waals surface area (Å²) in [5, 5.41) is 0. The first kappa shape index (κ1) is 16.0. The van der Waals surface area contributed by atoms with Crippen LogP contribution in [-0.4, -0.2) is 5.88 Å². The molecule has 0 aromatic carbocycles. The smallest absolute Gasteiger partial charge is 0.0226 e. The molecule has 0 saturated heterocycles. The molecular weight excluding hydrogens is 216 g/mol. The molecule has 0 radical (unpaired) electrons. The average molecular weight is 245 g/mol. The van der Waals surface area contributed by atoms with Gasteiger partial charge >= 0.3 is 0 Å². The van der Waals surface area contributed by atoms with Crippen LogP contribution in [0.2, 0.25) is 0 Å².